The summed E-state index contributed by atoms with van der Waals surface area (Å²) < 4.78 is 13.4. The first-order valence-electron chi connectivity index (χ1n) is 9.55. The molecule has 1 aromatic heterocycles. The third kappa shape index (κ3) is 3.72. The van der Waals surface area contributed by atoms with Gasteiger partial charge < -0.3 is 5.11 Å². The van der Waals surface area contributed by atoms with Gasteiger partial charge in [-0.3, -0.25) is 19.5 Å². The smallest absolute Gasteiger partial charge is 0.294 e. The zero-order chi connectivity index (χ0) is 21.1. The molecule has 0 bridgehead atoms. The predicted molar refractivity (Wildman–Crippen MR) is 110 cm³/mol. The Bertz CT molecular complexity index is 1100. The van der Waals surface area contributed by atoms with Crippen LogP contribution in [0.5, 0.6) is 0 Å². The lowest BCUT2D eigenvalue weighted by Gasteiger charge is -2.26. The number of carbonyl (C=O) groups is 2. The van der Waals surface area contributed by atoms with Crippen LogP contribution in [-0.4, -0.2) is 21.8 Å². The van der Waals surface area contributed by atoms with E-state index in [1.54, 1.807) is 24.5 Å². The third-order valence-electron chi connectivity index (χ3n) is 5.10. The molecule has 6 heteroatoms. The number of ketones is 1. The van der Waals surface area contributed by atoms with Crippen LogP contribution in [0.3, 0.4) is 0 Å². The van der Waals surface area contributed by atoms with Crippen molar-refractivity contribution in [1.29, 1.82) is 0 Å². The molecule has 1 aliphatic heterocycles. The molecule has 3 aromatic rings. The number of aliphatic hydroxyl groups is 1. The van der Waals surface area contributed by atoms with Gasteiger partial charge in [0, 0.05) is 24.5 Å². The van der Waals surface area contributed by atoms with E-state index < -0.39 is 23.5 Å². The van der Waals surface area contributed by atoms with Crippen LogP contribution in [0.15, 0.2) is 90.5 Å². The van der Waals surface area contributed by atoms with E-state index in [1.807, 2.05) is 30.3 Å². The van der Waals surface area contributed by atoms with Crippen molar-refractivity contribution in [3.8, 4) is 0 Å². The number of carbonyl (C=O) groups excluding carboxylic acids is 2. The molecule has 2 aromatic carbocycles. The molecule has 1 unspecified atom stereocenters. The zero-order valence-corrected chi connectivity index (χ0v) is 16.0. The van der Waals surface area contributed by atoms with E-state index in [9.17, 15) is 19.1 Å². The van der Waals surface area contributed by atoms with Gasteiger partial charge >= 0.3 is 0 Å². The molecule has 0 aliphatic carbocycles. The number of halogens is 1. The number of rotatable bonds is 6. The van der Waals surface area contributed by atoms with Gasteiger partial charge in [0.05, 0.1) is 11.6 Å². The minimum absolute atomic E-state index is 0.0354. The number of amides is 1. The Hall–Kier alpha value is -3.80. The quantitative estimate of drug-likeness (QED) is 0.667. The number of hydrogen-bond acceptors (Lipinski definition) is 4. The van der Waals surface area contributed by atoms with Crippen molar-refractivity contribution < 1.29 is 19.1 Å². The molecular weight excluding hydrogens is 383 g/mol. The van der Waals surface area contributed by atoms with E-state index in [4.69, 9.17) is 0 Å². The zero-order valence-electron chi connectivity index (χ0n) is 16.0. The standard InChI is InChI=1S/C24H19FN2O3/c25-18-9-11-19(12-10-18)27-22(17-7-4-14-26-15-17)21(23(29)24(27)30)20(28)13-8-16-5-2-1-3-6-16/h1-7,9-12,14-15,22,29H,8,13H2. The molecule has 1 aliphatic rings. The predicted octanol–water partition coefficient (Wildman–Crippen LogP) is 4.32. The number of Topliss-reactive ketones (excluding diaryl/α,β-unsaturated/α-hetero) is 1. The maximum absolute atomic E-state index is 13.4. The molecule has 0 spiro atoms. The van der Waals surface area contributed by atoms with Crippen molar-refractivity contribution in [2.24, 2.45) is 0 Å². The number of anilines is 1. The van der Waals surface area contributed by atoms with Crippen LogP contribution >= 0.6 is 0 Å². The summed E-state index contributed by atoms with van der Waals surface area (Å²) in [5, 5.41) is 10.6. The molecule has 0 saturated heterocycles. The van der Waals surface area contributed by atoms with E-state index >= 15 is 0 Å². The van der Waals surface area contributed by atoms with Crippen LogP contribution in [0.2, 0.25) is 0 Å². The highest BCUT2D eigenvalue weighted by Gasteiger charge is 2.44. The van der Waals surface area contributed by atoms with E-state index in [1.165, 1.54) is 29.2 Å². The SMILES string of the molecule is O=C(CCc1ccccc1)C1=C(O)C(=O)N(c2ccc(F)cc2)C1c1cccnc1. The first-order chi connectivity index (χ1) is 14.6. The van der Waals surface area contributed by atoms with Crippen molar-refractivity contribution in [2.45, 2.75) is 18.9 Å². The molecule has 4 rings (SSSR count). The number of hydrogen-bond donors (Lipinski definition) is 1. The summed E-state index contributed by atoms with van der Waals surface area (Å²) in [6.45, 7) is 0. The molecule has 0 fully saturated rings. The van der Waals surface area contributed by atoms with E-state index in [-0.39, 0.29) is 17.8 Å². The first-order valence-corrected chi connectivity index (χ1v) is 9.55. The monoisotopic (exact) mass is 402 g/mol. The molecule has 1 atom stereocenters. The van der Waals surface area contributed by atoms with Crippen molar-refractivity contribution in [3.63, 3.8) is 0 Å². The fourth-order valence-corrected chi connectivity index (χ4v) is 3.65. The Morgan fingerprint density at radius 1 is 1.03 bits per heavy atom. The average molecular weight is 402 g/mol. The van der Waals surface area contributed by atoms with Crippen molar-refractivity contribution in [3.05, 3.63) is 107 Å². The number of aromatic nitrogens is 1. The van der Waals surface area contributed by atoms with Gasteiger partial charge in [-0.2, -0.15) is 0 Å². The van der Waals surface area contributed by atoms with Gasteiger partial charge in [0.2, 0.25) is 0 Å². The lowest BCUT2D eigenvalue weighted by atomic mass is 9.94. The largest absolute Gasteiger partial charge is 0.503 e. The van der Waals surface area contributed by atoms with Gasteiger partial charge in [-0.15, -0.1) is 0 Å². The number of pyridine rings is 1. The third-order valence-corrected chi connectivity index (χ3v) is 5.10. The van der Waals surface area contributed by atoms with Crippen LogP contribution in [0.1, 0.15) is 23.6 Å². The fourth-order valence-electron chi connectivity index (χ4n) is 3.65. The summed E-state index contributed by atoms with van der Waals surface area (Å²) in [6, 6.07) is 17.5. The van der Waals surface area contributed by atoms with Crippen molar-refractivity contribution in [1.82, 2.24) is 4.98 Å². The Labute approximate surface area is 173 Å². The van der Waals surface area contributed by atoms with Gasteiger partial charge in [0.25, 0.3) is 5.91 Å². The second kappa shape index (κ2) is 8.29. The Kier molecular flexibility index (Phi) is 5.39. The summed E-state index contributed by atoms with van der Waals surface area (Å²) in [7, 11) is 0. The maximum Gasteiger partial charge on any atom is 0.294 e. The molecule has 0 radical (unpaired) electrons. The van der Waals surface area contributed by atoms with Crippen molar-refractivity contribution >= 4 is 17.4 Å². The average Bonchev–Trinajstić information content (AvgIpc) is 3.05. The van der Waals surface area contributed by atoms with Gasteiger partial charge in [-0.1, -0.05) is 36.4 Å². The number of benzene rings is 2. The lowest BCUT2D eigenvalue weighted by molar-refractivity contribution is -0.118. The van der Waals surface area contributed by atoms with E-state index in [2.05, 4.69) is 4.98 Å². The Morgan fingerprint density at radius 3 is 2.43 bits per heavy atom. The van der Waals surface area contributed by atoms with Gasteiger partial charge in [0.1, 0.15) is 5.82 Å². The van der Waals surface area contributed by atoms with Crippen LogP contribution < -0.4 is 4.90 Å². The first kappa shape index (κ1) is 19.5. The summed E-state index contributed by atoms with van der Waals surface area (Å²) >= 11 is 0. The molecule has 150 valence electrons. The summed E-state index contributed by atoms with van der Waals surface area (Å²) in [6.07, 6.45) is 3.77. The number of aryl methyl sites for hydroxylation is 1. The molecule has 2 heterocycles. The van der Waals surface area contributed by atoms with Crippen molar-refractivity contribution in [2.75, 3.05) is 4.90 Å². The Morgan fingerprint density at radius 2 is 1.77 bits per heavy atom. The minimum atomic E-state index is -0.833. The summed E-state index contributed by atoms with van der Waals surface area (Å²) in [5.41, 5.74) is 1.99. The van der Waals surface area contributed by atoms with Gasteiger partial charge in [-0.25, -0.2) is 4.39 Å². The van der Waals surface area contributed by atoms with E-state index in [0.717, 1.165) is 5.56 Å². The highest BCUT2D eigenvalue weighted by Crippen LogP contribution is 2.41. The number of aliphatic hydroxyl groups excluding tert-OH is 1. The highest BCUT2D eigenvalue weighted by molar-refractivity contribution is 6.16. The van der Waals surface area contributed by atoms with Crippen LogP contribution in [0.25, 0.3) is 0 Å². The van der Waals surface area contributed by atoms with E-state index in [0.29, 0.717) is 17.7 Å². The summed E-state index contributed by atoms with van der Waals surface area (Å²) in [5.74, 6) is -2.03. The second-order valence-corrected chi connectivity index (χ2v) is 7.01. The molecule has 5 nitrogen and oxygen atoms in total. The second-order valence-electron chi connectivity index (χ2n) is 7.01. The van der Waals surface area contributed by atoms with Gasteiger partial charge in [0.15, 0.2) is 11.5 Å². The maximum atomic E-state index is 13.4. The number of nitrogens with zero attached hydrogens (tertiary/aromatic N) is 2. The topological polar surface area (TPSA) is 70.5 Å². The molecule has 0 saturated carbocycles. The molecule has 1 N–H and O–H groups in total. The summed E-state index contributed by atoms with van der Waals surface area (Å²) in [4.78, 5) is 31.4. The van der Waals surface area contributed by atoms with Gasteiger partial charge in [-0.05, 0) is 47.9 Å². The lowest BCUT2D eigenvalue weighted by Crippen LogP contribution is -2.31. The van der Waals surface area contributed by atoms with Crippen LogP contribution in [-0.2, 0) is 16.0 Å². The minimum Gasteiger partial charge on any atom is -0.503 e. The molecule has 30 heavy (non-hydrogen) atoms. The normalized spacial score (nSPS) is 16.2. The van der Waals surface area contributed by atoms with Crippen LogP contribution in [0, 0.1) is 5.82 Å². The molecular formula is C24H19FN2O3. The fraction of sp³-hybridized carbons (Fsp3) is 0.125. The van der Waals surface area contributed by atoms with Crippen LogP contribution in [0.4, 0.5) is 10.1 Å². The Balaban J connectivity index is 1.70. The molecule has 1 amide bonds. The highest BCUT2D eigenvalue weighted by atomic mass is 19.1.